The van der Waals surface area contributed by atoms with E-state index in [1.54, 1.807) is 0 Å². The molecule has 2 heterocycles. The Balaban J connectivity index is 1.82. The van der Waals surface area contributed by atoms with Gasteiger partial charge in [0.2, 0.25) is 5.91 Å². The number of thiophene rings is 1. The highest BCUT2D eigenvalue weighted by Crippen LogP contribution is 2.32. The van der Waals surface area contributed by atoms with Crippen molar-refractivity contribution in [1.29, 1.82) is 0 Å². The second-order valence-electron chi connectivity index (χ2n) is 4.27. The zero-order valence-corrected chi connectivity index (χ0v) is 13.4. The molecule has 1 amide bonds. The molecule has 8 heteroatoms. The fraction of sp³-hybridized carbons (Fsp3) is 0.308. The fourth-order valence-corrected chi connectivity index (χ4v) is 3.56. The topological polar surface area (TPSA) is 79.3 Å². The van der Waals surface area contributed by atoms with Crippen molar-refractivity contribution in [1.82, 2.24) is 10.3 Å². The van der Waals surface area contributed by atoms with Crippen LogP contribution >= 0.6 is 34.3 Å². The first kappa shape index (κ1) is 15.9. The van der Waals surface area contributed by atoms with E-state index in [9.17, 15) is 9.59 Å². The number of nitrogens with zero attached hydrogens (tertiary/aromatic N) is 1. The Kier molecular flexibility index (Phi) is 5.72. The van der Waals surface area contributed by atoms with Gasteiger partial charge in [-0.05, 0) is 18.6 Å². The van der Waals surface area contributed by atoms with E-state index >= 15 is 0 Å². The molecule has 2 rings (SSSR count). The molecule has 0 radical (unpaired) electrons. The summed E-state index contributed by atoms with van der Waals surface area (Å²) in [7, 11) is 0. The lowest BCUT2D eigenvalue weighted by Gasteiger charge is -2.02. The molecule has 0 aromatic carbocycles. The van der Waals surface area contributed by atoms with Gasteiger partial charge in [0.1, 0.15) is 5.01 Å². The smallest absolute Gasteiger partial charge is 0.303 e. The third-order valence-electron chi connectivity index (χ3n) is 2.57. The molecular weight excluding hydrogens is 332 g/mol. The molecule has 5 nitrogen and oxygen atoms in total. The van der Waals surface area contributed by atoms with Crippen molar-refractivity contribution >= 4 is 46.2 Å². The minimum atomic E-state index is -0.858. The molecule has 0 fully saturated rings. The van der Waals surface area contributed by atoms with Crippen molar-refractivity contribution in [2.75, 3.05) is 6.54 Å². The first-order chi connectivity index (χ1) is 10.0. The van der Waals surface area contributed by atoms with Gasteiger partial charge < -0.3 is 10.4 Å². The van der Waals surface area contributed by atoms with Gasteiger partial charge in [0.05, 0.1) is 21.3 Å². The van der Waals surface area contributed by atoms with Gasteiger partial charge in [-0.2, -0.15) is 0 Å². The normalized spacial score (nSPS) is 10.5. The van der Waals surface area contributed by atoms with Gasteiger partial charge in [-0.1, -0.05) is 11.6 Å². The molecule has 0 aliphatic heterocycles. The van der Waals surface area contributed by atoms with E-state index in [1.807, 2.05) is 17.5 Å². The Morgan fingerprint density at radius 2 is 2.19 bits per heavy atom. The first-order valence-electron chi connectivity index (χ1n) is 6.23. The summed E-state index contributed by atoms with van der Waals surface area (Å²) in [4.78, 5) is 27.4. The van der Waals surface area contributed by atoms with E-state index in [-0.39, 0.29) is 18.7 Å². The number of nitrogens with one attached hydrogen (secondary N) is 1. The molecule has 0 bridgehead atoms. The molecule has 0 saturated heterocycles. The minimum Gasteiger partial charge on any atom is -0.481 e. The number of amides is 1. The number of thiazole rings is 1. The number of hydrogen-bond donors (Lipinski definition) is 2. The van der Waals surface area contributed by atoms with Gasteiger partial charge in [-0.15, -0.1) is 22.7 Å². The van der Waals surface area contributed by atoms with E-state index in [0.717, 1.165) is 9.88 Å². The van der Waals surface area contributed by atoms with Crippen LogP contribution in [0.3, 0.4) is 0 Å². The zero-order chi connectivity index (χ0) is 15.2. The maximum atomic E-state index is 11.7. The highest BCUT2D eigenvalue weighted by molar-refractivity contribution is 7.23. The van der Waals surface area contributed by atoms with Gasteiger partial charge in [-0.3, -0.25) is 9.59 Å². The number of aliphatic carboxylic acids is 1. The van der Waals surface area contributed by atoms with Crippen molar-refractivity contribution in [3.05, 3.63) is 27.5 Å². The highest BCUT2D eigenvalue weighted by Gasteiger charge is 2.10. The number of rotatable bonds is 7. The van der Waals surface area contributed by atoms with Crippen LogP contribution in [-0.2, 0) is 16.0 Å². The number of carbonyl (C=O) groups excluding carboxylic acids is 1. The van der Waals surface area contributed by atoms with E-state index < -0.39 is 5.97 Å². The summed E-state index contributed by atoms with van der Waals surface area (Å²) in [6.07, 6.45) is 0.681. The minimum absolute atomic E-state index is 0.0558. The van der Waals surface area contributed by atoms with E-state index in [0.29, 0.717) is 23.0 Å². The summed E-state index contributed by atoms with van der Waals surface area (Å²) < 4.78 is 0.706. The number of carboxylic acids is 1. The fourth-order valence-electron chi connectivity index (χ4n) is 1.62. The van der Waals surface area contributed by atoms with Crippen LogP contribution in [0.1, 0.15) is 18.5 Å². The van der Waals surface area contributed by atoms with Crippen molar-refractivity contribution in [3.8, 4) is 9.88 Å². The van der Waals surface area contributed by atoms with Crippen LogP contribution in [0.4, 0.5) is 0 Å². The van der Waals surface area contributed by atoms with Gasteiger partial charge >= 0.3 is 5.97 Å². The Morgan fingerprint density at radius 1 is 1.38 bits per heavy atom. The van der Waals surface area contributed by atoms with Crippen LogP contribution in [0.15, 0.2) is 17.5 Å². The van der Waals surface area contributed by atoms with E-state index in [1.165, 1.54) is 22.7 Å². The molecule has 21 heavy (non-hydrogen) atoms. The number of halogens is 1. The predicted octanol–water partition coefficient (Wildman–Crippen LogP) is 3.05. The van der Waals surface area contributed by atoms with Crippen LogP contribution in [0.25, 0.3) is 9.88 Å². The van der Waals surface area contributed by atoms with Gasteiger partial charge in [0.25, 0.3) is 0 Å². The summed E-state index contributed by atoms with van der Waals surface area (Å²) in [6.45, 7) is 0.364. The number of carboxylic acid groups (broad SMARTS) is 1. The number of carbonyl (C=O) groups is 2. The van der Waals surface area contributed by atoms with Crippen LogP contribution in [0, 0.1) is 0 Å². The maximum Gasteiger partial charge on any atom is 0.303 e. The summed E-state index contributed by atoms with van der Waals surface area (Å²) in [5, 5.41) is 13.9. The Morgan fingerprint density at radius 3 is 2.86 bits per heavy atom. The van der Waals surface area contributed by atoms with E-state index in [2.05, 4.69) is 10.3 Å². The van der Waals surface area contributed by atoms with Crippen LogP contribution < -0.4 is 5.32 Å². The second kappa shape index (κ2) is 7.53. The number of aromatic nitrogens is 1. The largest absolute Gasteiger partial charge is 0.481 e. The second-order valence-corrected chi connectivity index (χ2v) is 6.84. The van der Waals surface area contributed by atoms with Crippen LogP contribution in [0.2, 0.25) is 4.34 Å². The van der Waals surface area contributed by atoms with Gasteiger partial charge in [-0.25, -0.2) is 4.98 Å². The Hall–Kier alpha value is -1.44. The lowest BCUT2D eigenvalue weighted by molar-refractivity contribution is -0.137. The molecule has 2 N–H and O–H groups in total. The predicted molar refractivity (Wildman–Crippen MR) is 84.0 cm³/mol. The summed E-state index contributed by atoms with van der Waals surface area (Å²) in [6, 6.07) is 3.72. The SMILES string of the molecule is O=C(O)CCCNC(=O)Cc1csc(-c2ccc(Cl)s2)n1. The molecule has 0 spiro atoms. The quantitative estimate of drug-likeness (QED) is 0.756. The third-order valence-corrected chi connectivity index (χ3v) is 4.86. The van der Waals surface area contributed by atoms with Gasteiger partial charge in [0, 0.05) is 18.3 Å². The maximum absolute atomic E-state index is 11.7. The highest BCUT2D eigenvalue weighted by atomic mass is 35.5. The summed E-state index contributed by atoms with van der Waals surface area (Å²) in [5.41, 5.74) is 0.704. The lowest BCUT2D eigenvalue weighted by Crippen LogP contribution is -2.26. The van der Waals surface area contributed by atoms with Gasteiger partial charge in [0.15, 0.2) is 0 Å². The molecule has 2 aromatic heterocycles. The summed E-state index contributed by atoms with van der Waals surface area (Å²) in [5.74, 6) is -1.01. The molecule has 0 aliphatic carbocycles. The van der Waals surface area contributed by atoms with Crippen molar-refractivity contribution in [3.63, 3.8) is 0 Å². The van der Waals surface area contributed by atoms with E-state index in [4.69, 9.17) is 16.7 Å². The lowest BCUT2D eigenvalue weighted by atomic mass is 10.3. The number of hydrogen-bond acceptors (Lipinski definition) is 5. The zero-order valence-electron chi connectivity index (χ0n) is 11.0. The molecule has 2 aromatic rings. The third kappa shape index (κ3) is 5.11. The van der Waals surface area contributed by atoms with Crippen LogP contribution in [0.5, 0.6) is 0 Å². The van der Waals surface area contributed by atoms with Crippen molar-refractivity contribution in [2.45, 2.75) is 19.3 Å². The standard InChI is InChI=1S/C13H13ClN2O3S2/c14-10-4-3-9(21-10)13-16-8(7-20-13)6-11(17)15-5-1-2-12(18)19/h3-4,7H,1-2,5-6H2,(H,15,17)(H,18,19). The van der Waals surface area contributed by atoms with Crippen molar-refractivity contribution in [2.24, 2.45) is 0 Å². The molecule has 0 unspecified atom stereocenters. The molecule has 112 valence electrons. The first-order valence-corrected chi connectivity index (χ1v) is 8.30. The summed E-state index contributed by atoms with van der Waals surface area (Å²) >= 11 is 8.81. The average Bonchev–Trinajstić information content (AvgIpc) is 3.03. The molecule has 0 atom stereocenters. The monoisotopic (exact) mass is 344 g/mol. The van der Waals surface area contributed by atoms with Crippen LogP contribution in [-0.4, -0.2) is 28.5 Å². The Bertz CT molecular complexity index is 639. The molecule has 0 saturated carbocycles. The molecule has 0 aliphatic rings. The molecular formula is C13H13ClN2O3S2. The Labute approximate surface area is 134 Å². The average molecular weight is 345 g/mol. The van der Waals surface area contributed by atoms with Crippen molar-refractivity contribution < 1.29 is 14.7 Å².